The standard InChI is InChI=1S/C13H16N4O3/c1-20-6-5-17-9-14-7-10(17)8-16-13(19)11-3-2-4-15-12(11)18/h2-4,7,9H,5-6,8H2,1H3,(H,15,18)(H,16,19). The molecule has 0 fully saturated rings. The number of aromatic amines is 1. The number of aromatic nitrogens is 3. The molecule has 2 heterocycles. The molecule has 106 valence electrons. The Hall–Kier alpha value is -2.41. The molecule has 2 N–H and O–H groups in total. The van der Waals surface area contributed by atoms with Gasteiger partial charge in [-0.2, -0.15) is 0 Å². The molecular formula is C13H16N4O3. The summed E-state index contributed by atoms with van der Waals surface area (Å²) in [5.41, 5.74) is 0.538. The van der Waals surface area contributed by atoms with E-state index in [0.717, 1.165) is 5.69 Å². The number of nitrogens with zero attached hydrogens (tertiary/aromatic N) is 2. The molecule has 2 aromatic rings. The second kappa shape index (κ2) is 6.67. The lowest BCUT2D eigenvalue weighted by atomic mass is 10.2. The summed E-state index contributed by atoms with van der Waals surface area (Å²) in [6.07, 6.45) is 4.83. The third kappa shape index (κ3) is 3.33. The summed E-state index contributed by atoms with van der Waals surface area (Å²) in [4.78, 5) is 29.9. The molecule has 0 saturated heterocycles. The van der Waals surface area contributed by atoms with Gasteiger partial charge in [0, 0.05) is 26.0 Å². The molecule has 0 bridgehead atoms. The summed E-state index contributed by atoms with van der Waals surface area (Å²) in [6, 6.07) is 3.09. The zero-order valence-electron chi connectivity index (χ0n) is 11.1. The number of carbonyl (C=O) groups is 1. The number of ether oxygens (including phenoxy) is 1. The zero-order valence-corrected chi connectivity index (χ0v) is 11.1. The Balaban J connectivity index is 1.99. The van der Waals surface area contributed by atoms with Crippen molar-refractivity contribution in [2.75, 3.05) is 13.7 Å². The highest BCUT2D eigenvalue weighted by Crippen LogP contribution is 2.00. The van der Waals surface area contributed by atoms with Gasteiger partial charge in [0.05, 0.1) is 25.2 Å². The maximum absolute atomic E-state index is 11.9. The van der Waals surface area contributed by atoms with E-state index in [2.05, 4.69) is 15.3 Å². The Labute approximate surface area is 115 Å². The van der Waals surface area contributed by atoms with E-state index in [-0.39, 0.29) is 5.56 Å². The predicted molar refractivity (Wildman–Crippen MR) is 72.3 cm³/mol. The number of pyridine rings is 1. The van der Waals surface area contributed by atoms with E-state index in [4.69, 9.17) is 4.74 Å². The Morgan fingerprint density at radius 2 is 2.40 bits per heavy atom. The summed E-state index contributed by atoms with van der Waals surface area (Å²) in [5.74, 6) is -0.411. The maximum Gasteiger partial charge on any atom is 0.260 e. The van der Waals surface area contributed by atoms with Crippen molar-refractivity contribution < 1.29 is 9.53 Å². The molecule has 7 heteroatoms. The Kier molecular flexibility index (Phi) is 4.67. The number of hydrogen-bond acceptors (Lipinski definition) is 4. The van der Waals surface area contributed by atoms with E-state index >= 15 is 0 Å². The molecule has 2 aromatic heterocycles. The van der Waals surface area contributed by atoms with E-state index < -0.39 is 11.5 Å². The van der Waals surface area contributed by atoms with Crippen molar-refractivity contribution in [3.63, 3.8) is 0 Å². The van der Waals surface area contributed by atoms with Gasteiger partial charge >= 0.3 is 0 Å². The molecule has 2 rings (SSSR count). The molecule has 20 heavy (non-hydrogen) atoms. The summed E-state index contributed by atoms with van der Waals surface area (Å²) in [6.45, 7) is 1.53. The average Bonchev–Trinajstić information content (AvgIpc) is 2.90. The van der Waals surface area contributed by atoms with Crippen LogP contribution in [-0.4, -0.2) is 34.2 Å². The lowest BCUT2D eigenvalue weighted by molar-refractivity contribution is 0.0948. The van der Waals surface area contributed by atoms with E-state index in [1.165, 1.54) is 12.3 Å². The SMILES string of the molecule is COCCn1cncc1CNC(=O)c1ccc[nH]c1=O. The molecule has 0 saturated carbocycles. The third-order valence-electron chi connectivity index (χ3n) is 2.83. The van der Waals surface area contributed by atoms with Crippen molar-refractivity contribution >= 4 is 5.91 Å². The first-order chi connectivity index (χ1) is 9.72. The number of methoxy groups -OCH3 is 1. The van der Waals surface area contributed by atoms with Gasteiger partial charge in [0.25, 0.3) is 11.5 Å². The quantitative estimate of drug-likeness (QED) is 0.786. The molecule has 7 nitrogen and oxygen atoms in total. The molecule has 0 aliphatic heterocycles. The van der Waals surface area contributed by atoms with Crippen LogP contribution >= 0.6 is 0 Å². The molecule has 0 atom stereocenters. The molecule has 1 amide bonds. The van der Waals surface area contributed by atoms with Crippen LogP contribution in [0.4, 0.5) is 0 Å². The molecule has 0 aliphatic rings. The molecule has 0 unspecified atom stereocenters. The van der Waals surface area contributed by atoms with Gasteiger partial charge in [-0.3, -0.25) is 9.59 Å². The van der Waals surface area contributed by atoms with E-state index in [0.29, 0.717) is 19.7 Å². The van der Waals surface area contributed by atoms with Crippen molar-refractivity contribution in [2.24, 2.45) is 0 Å². The smallest absolute Gasteiger partial charge is 0.260 e. The Morgan fingerprint density at radius 1 is 1.55 bits per heavy atom. The summed E-state index contributed by atoms with van der Waals surface area (Å²) in [5, 5.41) is 2.70. The number of imidazole rings is 1. The Morgan fingerprint density at radius 3 is 3.15 bits per heavy atom. The van der Waals surface area contributed by atoms with E-state index in [1.807, 2.05) is 4.57 Å². The van der Waals surface area contributed by atoms with Gasteiger partial charge in [-0.05, 0) is 12.1 Å². The zero-order chi connectivity index (χ0) is 14.4. The van der Waals surface area contributed by atoms with E-state index in [1.54, 1.807) is 25.7 Å². The van der Waals surface area contributed by atoms with Gasteiger partial charge < -0.3 is 19.6 Å². The highest BCUT2D eigenvalue weighted by molar-refractivity contribution is 5.93. The Bertz CT molecular complexity index is 632. The number of nitrogens with one attached hydrogen (secondary N) is 2. The third-order valence-corrected chi connectivity index (χ3v) is 2.83. The van der Waals surface area contributed by atoms with Crippen molar-refractivity contribution in [2.45, 2.75) is 13.1 Å². The van der Waals surface area contributed by atoms with Crippen LogP contribution < -0.4 is 10.9 Å². The molecular weight excluding hydrogens is 260 g/mol. The fourth-order valence-corrected chi connectivity index (χ4v) is 1.75. The molecule has 0 spiro atoms. The number of hydrogen-bond donors (Lipinski definition) is 2. The van der Waals surface area contributed by atoms with Crippen LogP contribution in [0.3, 0.4) is 0 Å². The monoisotopic (exact) mass is 276 g/mol. The van der Waals surface area contributed by atoms with Crippen LogP contribution in [0.2, 0.25) is 0 Å². The first-order valence-corrected chi connectivity index (χ1v) is 6.16. The number of rotatable bonds is 6. The highest BCUT2D eigenvalue weighted by atomic mass is 16.5. The van der Waals surface area contributed by atoms with Crippen LogP contribution in [0.5, 0.6) is 0 Å². The van der Waals surface area contributed by atoms with Crippen molar-refractivity contribution in [1.29, 1.82) is 0 Å². The fraction of sp³-hybridized carbons (Fsp3) is 0.308. The van der Waals surface area contributed by atoms with Crippen LogP contribution in [-0.2, 0) is 17.8 Å². The van der Waals surface area contributed by atoms with Crippen LogP contribution in [0, 0.1) is 0 Å². The summed E-state index contributed by atoms with van der Waals surface area (Å²) in [7, 11) is 1.63. The summed E-state index contributed by atoms with van der Waals surface area (Å²) >= 11 is 0. The summed E-state index contributed by atoms with van der Waals surface area (Å²) < 4.78 is 6.89. The van der Waals surface area contributed by atoms with Gasteiger partial charge in [0.2, 0.25) is 0 Å². The van der Waals surface area contributed by atoms with Crippen molar-refractivity contribution in [1.82, 2.24) is 19.9 Å². The predicted octanol–water partition coefficient (Wildman–Crippen LogP) is 0.148. The minimum Gasteiger partial charge on any atom is -0.383 e. The number of amides is 1. The van der Waals surface area contributed by atoms with Crippen LogP contribution in [0.25, 0.3) is 0 Å². The largest absolute Gasteiger partial charge is 0.383 e. The minimum atomic E-state index is -0.411. The molecule has 0 radical (unpaired) electrons. The van der Waals surface area contributed by atoms with Crippen LogP contribution in [0.1, 0.15) is 16.1 Å². The first-order valence-electron chi connectivity index (χ1n) is 6.16. The van der Waals surface area contributed by atoms with Gasteiger partial charge in [0.15, 0.2) is 0 Å². The van der Waals surface area contributed by atoms with Crippen LogP contribution in [0.15, 0.2) is 35.6 Å². The highest BCUT2D eigenvalue weighted by Gasteiger charge is 2.10. The second-order valence-corrected chi connectivity index (χ2v) is 4.17. The van der Waals surface area contributed by atoms with Gasteiger partial charge in [0.1, 0.15) is 5.56 Å². The topological polar surface area (TPSA) is 89.0 Å². The maximum atomic E-state index is 11.9. The van der Waals surface area contributed by atoms with Crippen molar-refractivity contribution in [3.05, 3.63) is 52.5 Å². The molecule has 0 aliphatic carbocycles. The van der Waals surface area contributed by atoms with Crippen molar-refractivity contribution in [3.8, 4) is 0 Å². The lowest BCUT2D eigenvalue weighted by Crippen LogP contribution is -2.29. The first kappa shape index (κ1) is 14.0. The second-order valence-electron chi connectivity index (χ2n) is 4.17. The lowest BCUT2D eigenvalue weighted by Gasteiger charge is -2.08. The molecule has 0 aromatic carbocycles. The number of H-pyrrole nitrogens is 1. The average molecular weight is 276 g/mol. The van der Waals surface area contributed by atoms with Gasteiger partial charge in [-0.25, -0.2) is 4.98 Å². The minimum absolute atomic E-state index is 0.0930. The van der Waals surface area contributed by atoms with Gasteiger partial charge in [-0.15, -0.1) is 0 Å². The fourth-order valence-electron chi connectivity index (χ4n) is 1.75. The van der Waals surface area contributed by atoms with Gasteiger partial charge in [-0.1, -0.05) is 0 Å². The normalized spacial score (nSPS) is 10.4. The van der Waals surface area contributed by atoms with E-state index in [9.17, 15) is 9.59 Å². The number of carbonyl (C=O) groups excluding carboxylic acids is 1.